The van der Waals surface area contributed by atoms with E-state index in [1.165, 1.54) is 31.2 Å². The fraction of sp³-hybridized carbons (Fsp3) is 0.278. The zero-order chi connectivity index (χ0) is 17.7. The lowest BCUT2D eigenvalue weighted by atomic mass is 10.2. The van der Waals surface area contributed by atoms with Crippen LogP contribution in [0.2, 0.25) is 0 Å². The second-order valence-corrected chi connectivity index (χ2v) is 7.60. The van der Waals surface area contributed by atoms with Crippen molar-refractivity contribution in [2.75, 3.05) is 11.3 Å². The number of hydrogen-bond acceptors (Lipinski definition) is 4. The Labute approximate surface area is 142 Å². The van der Waals surface area contributed by atoms with Crippen LogP contribution in [0.1, 0.15) is 31.1 Å². The van der Waals surface area contributed by atoms with Crippen LogP contribution >= 0.6 is 0 Å². The lowest BCUT2D eigenvalue weighted by Gasteiger charge is -2.11. The molecule has 0 spiro atoms. The molecule has 24 heavy (non-hydrogen) atoms. The molecule has 1 N–H and O–H groups in total. The molecule has 5 nitrogen and oxygen atoms in total. The average Bonchev–Trinajstić information content (AvgIpc) is 2.54. The van der Waals surface area contributed by atoms with Crippen LogP contribution < -0.4 is 9.46 Å². The molecule has 0 aliphatic rings. The van der Waals surface area contributed by atoms with Gasteiger partial charge in [0.1, 0.15) is 5.75 Å². The SMILES string of the molecule is CC(=O)c1ccc(S(=O)(=O)Nc2ccc(OCC(C)C)cc2)cc1. The van der Waals surface area contributed by atoms with Crippen molar-refractivity contribution in [2.45, 2.75) is 25.7 Å². The van der Waals surface area contributed by atoms with E-state index in [4.69, 9.17) is 4.74 Å². The summed E-state index contributed by atoms with van der Waals surface area (Å²) in [4.78, 5) is 11.4. The van der Waals surface area contributed by atoms with Crippen LogP contribution in [-0.4, -0.2) is 20.8 Å². The third-order valence-corrected chi connectivity index (χ3v) is 4.66. The number of hydrogen-bond donors (Lipinski definition) is 1. The molecule has 0 unspecified atom stereocenters. The van der Waals surface area contributed by atoms with Crippen LogP contribution in [0, 0.1) is 5.92 Å². The van der Waals surface area contributed by atoms with Crippen molar-refractivity contribution in [2.24, 2.45) is 5.92 Å². The Morgan fingerprint density at radius 2 is 1.62 bits per heavy atom. The Kier molecular flexibility index (Phi) is 5.62. The van der Waals surface area contributed by atoms with Crippen LogP contribution in [0.5, 0.6) is 5.75 Å². The smallest absolute Gasteiger partial charge is 0.261 e. The van der Waals surface area contributed by atoms with Gasteiger partial charge in [0.25, 0.3) is 10.0 Å². The topological polar surface area (TPSA) is 72.5 Å². The Bertz CT molecular complexity index is 794. The number of sulfonamides is 1. The van der Waals surface area contributed by atoms with Crippen LogP contribution in [0.25, 0.3) is 0 Å². The van der Waals surface area contributed by atoms with E-state index in [1.807, 2.05) is 0 Å². The molecular formula is C18H21NO4S. The minimum Gasteiger partial charge on any atom is -0.493 e. The molecule has 0 saturated carbocycles. The van der Waals surface area contributed by atoms with Gasteiger partial charge in [0.05, 0.1) is 11.5 Å². The largest absolute Gasteiger partial charge is 0.493 e. The Balaban J connectivity index is 2.09. The van der Waals surface area contributed by atoms with Crippen molar-refractivity contribution < 1.29 is 17.9 Å². The number of ether oxygens (including phenoxy) is 1. The van der Waals surface area contributed by atoms with Crippen molar-refractivity contribution in [1.82, 2.24) is 0 Å². The fourth-order valence-electron chi connectivity index (χ4n) is 1.96. The van der Waals surface area contributed by atoms with E-state index < -0.39 is 10.0 Å². The maximum Gasteiger partial charge on any atom is 0.261 e. The van der Waals surface area contributed by atoms with Gasteiger partial charge in [-0.2, -0.15) is 0 Å². The maximum absolute atomic E-state index is 12.4. The zero-order valence-electron chi connectivity index (χ0n) is 13.9. The second kappa shape index (κ2) is 7.49. The predicted molar refractivity (Wildman–Crippen MR) is 94.0 cm³/mol. The van der Waals surface area contributed by atoms with Gasteiger partial charge in [-0.15, -0.1) is 0 Å². The summed E-state index contributed by atoms with van der Waals surface area (Å²) in [5.74, 6) is 1.00. The van der Waals surface area contributed by atoms with Gasteiger partial charge in [-0.05, 0) is 49.2 Å². The highest BCUT2D eigenvalue weighted by Crippen LogP contribution is 2.20. The molecule has 0 fully saturated rings. The van der Waals surface area contributed by atoms with Gasteiger partial charge in [-0.25, -0.2) is 8.42 Å². The molecule has 0 atom stereocenters. The minimum absolute atomic E-state index is 0.104. The summed E-state index contributed by atoms with van der Waals surface area (Å²) >= 11 is 0. The molecule has 0 aliphatic heterocycles. The van der Waals surface area contributed by atoms with Crippen molar-refractivity contribution in [3.63, 3.8) is 0 Å². The number of Topliss-reactive ketones (excluding diaryl/α,β-unsaturated/α-hetero) is 1. The van der Waals surface area contributed by atoms with Crippen molar-refractivity contribution >= 4 is 21.5 Å². The Morgan fingerprint density at radius 1 is 1.04 bits per heavy atom. The first-order chi connectivity index (χ1) is 11.3. The number of rotatable bonds is 7. The summed E-state index contributed by atoms with van der Waals surface area (Å²) in [6.45, 7) is 6.15. The molecule has 0 saturated heterocycles. The molecule has 0 radical (unpaired) electrons. The van der Waals surface area contributed by atoms with E-state index in [0.717, 1.165) is 0 Å². The summed E-state index contributed by atoms with van der Waals surface area (Å²) < 4.78 is 32.8. The number of carbonyl (C=O) groups excluding carboxylic acids is 1. The van der Waals surface area contributed by atoms with Crippen molar-refractivity contribution in [1.29, 1.82) is 0 Å². The molecular weight excluding hydrogens is 326 g/mol. The predicted octanol–water partition coefficient (Wildman–Crippen LogP) is 3.72. The van der Waals surface area contributed by atoms with E-state index in [2.05, 4.69) is 18.6 Å². The summed E-state index contributed by atoms with van der Waals surface area (Å²) in [5, 5.41) is 0. The molecule has 0 aliphatic carbocycles. The third kappa shape index (κ3) is 4.83. The highest BCUT2D eigenvalue weighted by atomic mass is 32.2. The van der Waals surface area contributed by atoms with E-state index >= 15 is 0 Å². The first kappa shape index (κ1) is 18.0. The number of nitrogens with one attached hydrogen (secondary N) is 1. The summed E-state index contributed by atoms with van der Waals surface area (Å²) in [7, 11) is -3.70. The standard InChI is InChI=1S/C18H21NO4S/c1-13(2)12-23-17-8-6-16(7-9-17)19-24(21,22)18-10-4-15(5-11-18)14(3)20/h4-11,13,19H,12H2,1-3H3. The normalized spacial score (nSPS) is 11.3. The number of ketones is 1. The van der Waals surface area contributed by atoms with Crippen molar-refractivity contribution in [3.8, 4) is 5.75 Å². The van der Waals surface area contributed by atoms with Gasteiger partial charge < -0.3 is 4.74 Å². The number of anilines is 1. The summed E-state index contributed by atoms with van der Waals surface area (Å²) in [6.07, 6.45) is 0. The van der Waals surface area contributed by atoms with E-state index in [9.17, 15) is 13.2 Å². The number of benzene rings is 2. The lowest BCUT2D eigenvalue weighted by Crippen LogP contribution is -2.13. The molecule has 2 aromatic rings. The van der Waals surface area contributed by atoms with Crippen LogP contribution in [0.15, 0.2) is 53.4 Å². The number of carbonyl (C=O) groups is 1. The van der Waals surface area contributed by atoms with Crippen molar-refractivity contribution in [3.05, 3.63) is 54.1 Å². The van der Waals surface area contributed by atoms with Gasteiger partial charge in [0.15, 0.2) is 5.78 Å². The molecule has 128 valence electrons. The quantitative estimate of drug-likeness (QED) is 0.775. The second-order valence-electron chi connectivity index (χ2n) is 5.92. The van der Waals surface area contributed by atoms with Gasteiger partial charge in [0.2, 0.25) is 0 Å². The van der Waals surface area contributed by atoms with E-state index in [1.54, 1.807) is 24.3 Å². The first-order valence-corrected chi connectivity index (χ1v) is 9.13. The molecule has 0 aromatic heterocycles. The minimum atomic E-state index is -3.70. The summed E-state index contributed by atoms with van der Waals surface area (Å²) in [5.41, 5.74) is 0.920. The van der Waals surface area contributed by atoms with Gasteiger partial charge >= 0.3 is 0 Å². The molecule has 6 heteroatoms. The van der Waals surface area contributed by atoms with Gasteiger partial charge in [-0.1, -0.05) is 26.0 Å². The summed E-state index contributed by atoms with van der Waals surface area (Å²) in [6, 6.07) is 12.6. The Hall–Kier alpha value is -2.34. The highest BCUT2D eigenvalue weighted by Gasteiger charge is 2.14. The fourth-order valence-corrected chi connectivity index (χ4v) is 3.02. The lowest BCUT2D eigenvalue weighted by molar-refractivity contribution is 0.101. The van der Waals surface area contributed by atoms with Gasteiger partial charge in [-0.3, -0.25) is 9.52 Å². The zero-order valence-corrected chi connectivity index (χ0v) is 14.8. The molecule has 0 heterocycles. The monoisotopic (exact) mass is 347 g/mol. The van der Waals surface area contributed by atoms with E-state index in [-0.39, 0.29) is 10.7 Å². The van der Waals surface area contributed by atoms with Crippen LogP contribution in [0.4, 0.5) is 5.69 Å². The first-order valence-electron chi connectivity index (χ1n) is 7.64. The van der Waals surface area contributed by atoms with Crippen LogP contribution in [-0.2, 0) is 10.0 Å². The highest BCUT2D eigenvalue weighted by molar-refractivity contribution is 7.92. The van der Waals surface area contributed by atoms with Gasteiger partial charge in [0, 0.05) is 11.3 Å². The maximum atomic E-state index is 12.4. The van der Waals surface area contributed by atoms with E-state index in [0.29, 0.717) is 29.5 Å². The molecule has 2 aromatic carbocycles. The molecule has 0 bridgehead atoms. The average molecular weight is 347 g/mol. The van der Waals surface area contributed by atoms with Crippen LogP contribution in [0.3, 0.4) is 0 Å². The Morgan fingerprint density at radius 3 is 2.12 bits per heavy atom. The third-order valence-electron chi connectivity index (χ3n) is 3.26. The molecule has 2 rings (SSSR count). The molecule has 0 amide bonds.